The van der Waals surface area contributed by atoms with Gasteiger partial charge in [0, 0.05) is 45.3 Å². The zero-order valence-electron chi connectivity index (χ0n) is 16.3. The molecule has 0 radical (unpaired) electrons. The van der Waals surface area contributed by atoms with Crippen LogP contribution in [0.25, 0.3) is 0 Å². The number of nitrogens with one attached hydrogen (secondary N) is 3. The maximum Gasteiger partial charge on any atom is 0.252 e. The molecule has 0 unspecified atom stereocenters. The highest BCUT2D eigenvalue weighted by molar-refractivity contribution is 14.0. The Morgan fingerprint density at radius 2 is 1.85 bits per heavy atom. The van der Waals surface area contributed by atoms with Crippen LogP contribution < -0.4 is 16.0 Å². The summed E-state index contributed by atoms with van der Waals surface area (Å²) in [5, 5.41) is 10.0. The molecule has 0 atom stereocenters. The Morgan fingerprint density at radius 1 is 1.22 bits per heavy atom. The molecule has 27 heavy (non-hydrogen) atoms. The Balaban J connectivity index is 0.00000364. The summed E-state index contributed by atoms with van der Waals surface area (Å²) in [6.07, 6.45) is 2.23. The molecule has 0 bridgehead atoms. The van der Waals surface area contributed by atoms with Crippen LogP contribution in [-0.2, 0) is 0 Å². The number of hydrogen-bond acceptors (Lipinski definition) is 3. The van der Waals surface area contributed by atoms with Crippen LogP contribution in [0.3, 0.4) is 0 Å². The lowest BCUT2D eigenvalue weighted by Crippen LogP contribution is -2.50. The van der Waals surface area contributed by atoms with Gasteiger partial charge >= 0.3 is 0 Å². The monoisotopic (exact) mass is 507 g/mol. The van der Waals surface area contributed by atoms with Crippen molar-refractivity contribution in [1.29, 1.82) is 0 Å². The molecule has 1 heterocycles. The van der Waals surface area contributed by atoms with E-state index in [9.17, 15) is 4.79 Å². The first kappa shape index (κ1) is 24.0. The predicted octanol–water partition coefficient (Wildman–Crippen LogP) is 2.73. The molecule has 1 aromatic carbocycles. The number of hydrogen-bond donors (Lipinski definition) is 3. The molecular formula is C19H31ClIN5O. The number of carbonyl (C=O) groups is 1. The third-order valence-corrected chi connectivity index (χ3v) is 4.98. The highest BCUT2D eigenvalue weighted by Crippen LogP contribution is 2.14. The summed E-state index contributed by atoms with van der Waals surface area (Å²) in [4.78, 5) is 18.9. The summed E-state index contributed by atoms with van der Waals surface area (Å²) in [5.74, 6) is 0.612. The van der Waals surface area contributed by atoms with Crippen LogP contribution in [0, 0.1) is 0 Å². The Hall–Kier alpha value is -1.06. The highest BCUT2D eigenvalue weighted by atomic mass is 127. The van der Waals surface area contributed by atoms with Crippen LogP contribution in [0.4, 0.5) is 0 Å². The van der Waals surface area contributed by atoms with Gasteiger partial charge in [0.25, 0.3) is 5.91 Å². The van der Waals surface area contributed by atoms with Gasteiger partial charge in [-0.15, -0.1) is 24.0 Å². The first-order valence-corrected chi connectivity index (χ1v) is 9.63. The van der Waals surface area contributed by atoms with Crippen LogP contribution in [0.1, 0.15) is 37.0 Å². The predicted molar refractivity (Wildman–Crippen MR) is 123 cm³/mol. The van der Waals surface area contributed by atoms with Crippen molar-refractivity contribution in [2.24, 2.45) is 4.99 Å². The number of rotatable bonds is 6. The maximum atomic E-state index is 12.1. The number of carbonyl (C=O) groups excluding carboxylic acids is 1. The second-order valence-electron chi connectivity index (χ2n) is 6.78. The average molecular weight is 508 g/mol. The molecule has 1 fully saturated rings. The zero-order chi connectivity index (χ0) is 18.9. The number of benzene rings is 1. The lowest BCUT2D eigenvalue weighted by atomic mass is 10.0. The average Bonchev–Trinajstić information content (AvgIpc) is 2.64. The third-order valence-electron chi connectivity index (χ3n) is 4.65. The molecule has 0 spiro atoms. The van der Waals surface area contributed by atoms with Crippen LogP contribution >= 0.6 is 35.6 Å². The van der Waals surface area contributed by atoms with Gasteiger partial charge < -0.3 is 20.9 Å². The van der Waals surface area contributed by atoms with E-state index in [2.05, 4.69) is 39.7 Å². The van der Waals surface area contributed by atoms with Crippen LogP contribution in [0.5, 0.6) is 0 Å². The minimum Gasteiger partial charge on any atom is -0.355 e. The molecule has 1 saturated heterocycles. The first-order chi connectivity index (χ1) is 12.5. The van der Waals surface area contributed by atoms with Crippen molar-refractivity contribution in [3.8, 4) is 0 Å². The van der Waals surface area contributed by atoms with E-state index in [1.165, 1.54) is 0 Å². The van der Waals surface area contributed by atoms with Crippen LogP contribution in [0.2, 0.25) is 5.02 Å². The summed E-state index contributed by atoms with van der Waals surface area (Å²) in [6, 6.07) is 8.08. The minimum absolute atomic E-state index is 0. The molecule has 1 amide bonds. The Morgan fingerprint density at radius 3 is 2.44 bits per heavy atom. The summed E-state index contributed by atoms with van der Waals surface area (Å²) >= 11 is 6.03. The Labute approximate surface area is 184 Å². The molecule has 1 aliphatic heterocycles. The molecule has 0 saturated carbocycles. The van der Waals surface area contributed by atoms with E-state index in [0.717, 1.165) is 31.9 Å². The van der Waals surface area contributed by atoms with Crippen molar-refractivity contribution >= 4 is 47.4 Å². The molecule has 152 valence electrons. The van der Waals surface area contributed by atoms with Crippen LogP contribution in [-0.4, -0.2) is 62.1 Å². The van der Waals surface area contributed by atoms with E-state index in [4.69, 9.17) is 11.6 Å². The van der Waals surface area contributed by atoms with Crippen molar-refractivity contribution < 1.29 is 4.79 Å². The Kier molecular flexibility index (Phi) is 11.0. The normalized spacial score (nSPS) is 16.0. The Bertz CT molecular complexity index is 618. The first-order valence-electron chi connectivity index (χ1n) is 9.25. The number of likely N-dealkylation sites (tertiary alicyclic amines) is 1. The largest absolute Gasteiger partial charge is 0.355 e. The number of nitrogens with zero attached hydrogens (tertiary/aromatic N) is 2. The molecule has 2 rings (SSSR count). The summed E-state index contributed by atoms with van der Waals surface area (Å²) in [6.45, 7) is 7.80. The number of guanidine groups is 1. The zero-order valence-corrected chi connectivity index (χ0v) is 19.4. The van der Waals surface area contributed by atoms with Gasteiger partial charge in [-0.1, -0.05) is 23.7 Å². The number of amides is 1. The standard InChI is InChI=1S/C19H30ClN5O.HI/c1-14(2)25-12-8-15(9-13-25)24-19(21-3)23-11-10-22-18(26)16-6-4-5-7-17(16)20;/h4-7,14-15H,8-13H2,1-3H3,(H,22,26)(H2,21,23,24);1H. The van der Waals surface area contributed by atoms with Gasteiger partial charge in [-0.2, -0.15) is 0 Å². The number of piperidine rings is 1. The van der Waals surface area contributed by atoms with E-state index in [1.54, 1.807) is 25.2 Å². The quantitative estimate of drug-likeness (QED) is 0.240. The van der Waals surface area contributed by atoms with E-state index in [1.807, 2.05) is 6.07 Å². The summed E-state index contributed by atoms with van der Waals surface area (Å²) < 4.78 is 0. The van der Waals surface area contributed by atoms with Crippen LogP contribution in [0.15, 0.2) is 29.3 Å². The molecule has 1 aromatic rings. The van der Waals surface area contributed by atoms with Gasteiger partial charge in [0.2, 0.25) is 0 Å². The van der Waals surface area contributed by atoms with Crippen molar-refractivity contribution in [1.82, 2.24) is 20.9 Å². The van der Waals surface area contributed by atoms with Gasteiger partial charge in [0.15, 0.2) is 5.96 Å². The van der Waals surface area contributed by atoms with Crippen molar-refractivity contribution in [3.63, 3.8) is 0 Å². The lowest BCUT2D eigenvalue weighted by Gasteiger charge is -2.35. The number of aliphatic imine (C=N–C) groups is 1. The van der Waals surface area contributed by atoms with Gasteiger partial charge in [-0.05, 0) is 38.8 Å². The fourth-order valence-corrected chi connectivity index (χ4v) is 3.27. The van der Waals surface area contributed by atoms with E-state index >= 15 is 0 Å². The van der Waals surface area contributed by atoms with Crippen molar-refractivity contribution in [2.75, 3.05) is 33.2 Å². The molecule has 0 aliphatic carbocycles. The summed E-state index contributed by atoms with van der Waals surface area (Å²) in [7, 11) is 1.76. The smallest absolute Gasteiger partial charge is 0.252 e. The van der Waals surface area contributed by atoms with Gasteiger partial charge in [-0.3, -0.25) is 9.79 Å². The fourth-order valence-electron chi connectivity index (χ4n) is 3.05. The number of halogens is 2. The molecule has 6 nitrogen and oxygen atoms in total. The topological polar surface area (TPSA) is 68.8 Å². The van der Waals surface area contributed by atoms with E-state index < -0.39 is 0 Å². The van der Waals surface area contributed by atoms with E-state index in [0.29, 0.717) is 35.8 Å². The highest BCUT2D eigenvalue weighted by Gasteiger charge is 2.21. The van der Waals surface area contributed by atoms with Crippen molar-refractivity contribution in [2.45, 2.75) is 38.8 Å². The molecular weight excluding hydrogens is 477 g/mol. The molecule has 8 heteroatoms. The second kappa shape index (κ2) is 12.4. The molecule has 1 aliphatic rings. The van der Waals surface area contributed by atoms with Gasteiger partial charge in [0.1, 0.15) is 0 Å². The van der Waals surface area contributed by atoms with Gasteiger partial charge in [0.05, 0.1) is 10.6 Å². The van der Waals surface area contributed by atoms with Gasteiger partial charge in [-0.25, -0.2) is 0 Å². The van der Waals surface area contributed by atoms with E-state index in [-0.39, 0.29) is 29.9 Å². The lowest BCUT2D eigenvalue weighted by molar-refractivity contribution is 0.0954. The molecule has 3 N–H and O–H groups in total. The minimum atomic E-state index is -0.165. The second-order valence-corrected chi connectivity index (χ2v) is 7.19. The van der Waals surface area contributed by atoms with Crippen molar-refractivity contribution in [3.05, 3.63) is 34.9 Å². The fraction of sp³-hybridized carbons (Fsp3) is 0.579. The SMILES string of the molecule is CN=C(NCCNC(=O)c1ccccc1Cl)NC1CCN(C(C)C)CC1.I. The third kappa shape index (κ3) is 7.83. The summed E-state index contributed by atoms with van der Waals surface area (Å²) in [5.41, 5.74) is 0.494. The maximum absolute atomic E-state index is 12.1. The molecule has 0 aromatic heterocycles.